The van der Waals surface area contributed by atoms with Crippen LogP contribution < -0.4 is 0 Å². The van der Waals surface area contributed by atoms with Gasteiger partial charge in [-0.1, -0.05) is 96.0 Å². The molecule has 0 atom stereocenters. The lowest BCUT2D eigenvalue weighted by atomic mass is 9.99. The van der Waals surface area contributed by atoms with E-state index in [2.05, 4.69) is 101 Å². The van der Waals surface area contributed by atoms with Gasteiger partial charge in [-0.05, 0) is 94.7 Å². The SMILES string of the molecule is CC1=C([Si](C)(C)C2=C(C)Cc3ccc4cc(C)ccc4c32)c2c(ccc3cc(C)ccc23)C1. The number of aryl methyl sites for hydroxylation is 2. The molecule has 0 unspecified atom stereocenters. The smallest absolute Gasteiger partial charge is 0.0686 e. The molecular weight excluding hydrogens is 412 g/mol. The molecule has 2 aliphatic carbocycles. The van der Waals surface area contributed by atoms with E-state index >= 15 is 0 Å². The third-order valence-electron chi connectivity index (χ3n) is 8.04. The minimum Gasteiger partial charge on any atom is -0.0686 e. The lowest BCUT2D eigenvalue weighted by Gasteiger charge is -2.31. The lowest BCUT2D eigenvalue weighted by molar-refractivity contribution is 1.20. The van der Waals surface area contributed by atoms with Crippen LogP contribution in [0.25, 0.3) is 31.9 Å². The van der Waals surface area contributed by atoms with Crippen molar-refractivity contribution < 1.29 is 0 Å². The van der Waals surface area contributed by atoms with Crippen molar-refractivity contribution in [2.75, 3.05) is 0 Å². The Labute approximate surface area is 198 Å². The molecule has 0 N–H and O–H groups in total. The van der Waals surface area contributed by atoms with E-state index in [1.54, 1.807) is 32.7 Å². The first kappa shape index (κ1) is 20.7. The molecule has 0 aromatic heterocycles. The van der Waals surface area contributed by atoms with Gasteiger partial charge in [0.2, 0.25) is 0 Å². The fourth-order valence-electron chi connectivity index (χ4n) is 6.87. The standard InChI is InChI=1S/C32H32Si/c1-19-7-13-27-23(15-19)9-11-25-17-21(3)31(29(25)27)33(5,6)32-22(4)18-26-12-10-24-16-20(2)8-14-28(24)30(26)32/h7-16H,17-18H2,1-6H3. The van der Waals surface area contributed by atoms with Gasteiger partial charge in [-0.25, -0.2) is 0 Å². The number of allylic oxidation sites excluding steroid dienone is 2. The Balaban J connectivity index is 1.61. The van der Waals surface area contributed by atoms with Crippen LogP contribution in [0.2, 0.25) is 13.1 Å². The molecule has 1 heteroatoms. The highest BCUT2D eigenvalue weighted by molar-refractivity contribution is 7.09. The third kappa shape index (κ3) is 2.95. The first-order valence-corrected chi connectivity index (χ1v) is 15.2. The summed E-state index contributed by atoms with van der Waals surface area (Å²) in [5, 5.41) is 9.00. The van der Waals surface area contributed by atoms with Crippen molar-refractivity contribution in [3.8, 4) is 0 Å². The minimum absolute atomic E-state index is 1.10. The molecule has 6 rings (SSSR count). The van der Waals surface area contributed by atoms with Gasteiger partial charge < -0.3 is 0 Å². The molecule has 0 fully saturated rings. The number of fused-ring (bicyclic) bond motifs is 6. The van der Waals surface area contributed by atoms with Crippen molar-refractivity contribution in [2.45, 2.75) is 53.6 Å². The van der Waals surface area contributed by atoms with Crippen molar-refractivity contribution in [3.05, 3.63) is 105 Å². The Hall–Kier alpha value is -2.90. The molecule has 0 saturated carbocycles. The van der Waals surface area contributed by atoms with Crippen molar-refractivity contribution in [2.24, 2.45) is 0 Å². The summed E-state index contributed by atoms with van der Waals surface area (Å²) in [7, 11) is -1.97. The summed E-state index contributed by atoms with van der Waals surface area (Å²) in [5.74, 6) is 0. The largest absolute Gasteiger partial charge is 0.113 e. The molecule has 0 aliphatic heterocycles. The number of rotatable bonds is 2. The van der Waals surface area contributed by atoms with Crippen LogP contribution in [0.1, 0.15) is 47.2 Å². The molecule has 2 aliphatic rings. The van der Waals surface area contributed by atoms with E-state index in [-0.39, 0.29) is 0 Å². The average molecular weight is 445 g/mol. The van der Waals surface area contributed by atoms with E-state index < -0.39 is 8.07 Å². The zero-order valence-electron chi connectivity index (χ0n) is 20.7. The molecule has 33 heavy (non-hydrogen) atoms. The first-order chi connectivity index (χ1) is 15.8. The van der Waals surface area contributed by atoms with Crippen LogP contribution in [-0.2, 0) is 12.8 Å². The fourth-order valence-corrected chi connectivity index (χ4v) is 11.3. The number of benzene rings is 4. The maximum absolute atomic E-state index is 2.61. The second kappa shape index (κ2) is 7.05. The van der Waals surface area contributed by atoms with Gasteiger partial charge in [0, 0.05) is 0 Å². The molecule has 0 saturated heterocycles. The molecule has 0 nitrogen and oxygen atoms in total. The molecule has 4 aromatic carbocycles. The zero-order valence-corrected chi connectivity index (χ0v) is 21.7. The van der Waals surface area contributed by atoms with Crippen LogP contribution in [-0.4, -0.2) is 8.07 Å². The molecule has 0 radical (unpaired) electrons. The van der Waals surface area contributed by atoms with Gasteiger partial charge in [-0.2, -0.15) is 0 Å². The highest BCUT2D eigenvalue weighted by Crippen LogP contribution is 2.51. The zero-order chi connectivity index (χ0) is 23.1. The summed E-state index contributed by atoms with van der Waals surface area (Å²) in [4.78, 5) is 0. The van der Waals surface area contributed by atoms with E-state index in [1.807, 2.05) is 0 Å². The Kier molecular flexibility index (Phi) is 4.42. The summed E-state index contributed by atoms with van der Waals surface area (Å²) in [6, 6.07) is 23.4. The molecule has 4 aromatic rings. The Morgan fingerprint density at radius 2 is 0.970 bits per heavy atom. The van der Waals surface area contributed by atoms with Crippen LogP contribution in [0, 0.1) is 13.8 Å². The molecule has 0 spiro atoms. The summed E-state index contributed by atoms with van der Waals surface area (Å²) in [5.41, 5.74) is 12.0. The van der Waals surface area contributed by atoms with Gasteiger partial charge in [0.1, 0.15) is 8.07 Å². The lowest BCUT2D eigenvalue weighted by Crippen LogP contribution is -2.31. The van der Waals surface area contributed by atoms with Crippen LogP contribution in [0.4, 0.5) is 0 Å². The molecular formula is C32H32Si. The second-order valence-corrected chi connectivity index (χ2v) is 15.2. The van der Waals surface area contributed by atoms with E-state index in [9.17, 15) is 0 Å². The van der Waals surface area contributed by atoms with Crippen molar-refractivity contribution >= 4 is 40.0 Å². The third-order valence-corrected chi connectivity index (χ3v) is 11.9. The Bertz CT molecular complexity index is 1440. The number of hydrogen-bond acceptors (Lipinski definition) is 0. The van der Waals surface area contributed by atoms with Gasteiger partial charge in [0.25, 0.3) is 0 Å². The monoisotopic (exact) mass is 444 g/mol. The van der Waals surface area contributed by atoms with Gasteiger partial charge in [0.05, 0.1) is 0 Å². The Morgan fingerprint density at radius 1 is 0.545 bits per heavy atom. The molecule has 164 valence electrons. The minimum atomic E-state index is -1.97. The second-order valence-electron chi connectivity index (χ2n) is 10.9. The first-order valence-electron chi connectivity index (χ1n) is 12.2. The highest BCUT2D eigenvalue weighted by atomic mass is 28.3. The predicted molar refractivity (Wildman–Crippen MR) is 147 cm³/mol. The summed E-state index contributed by atoms with van der Waals surface area (Å²) in [6.07, 6.45) is 2.19. The van der Waals surface area contributed by atoms with E-state index in [0.29, 0.717) is 0 Å². The molecule has 0 heterocycles. The van der Waals surface area contributed by atoms with E-state index in [1.165, 1.54) is 43.8 Å². The Morgan fingerprint density at radius 3 is 1.39 bits per heavy atom. The van der Waals surface area contributed by atoms with Crippen molar-refractivity contribution in [3.63, 3.8) is 0 Å². The van der Waals surface area contributed by atoms with E-state index in [0.717, 1.165) is 12.8 Å². The highest BCUT2D eigenvalue weighted by Gasteiger charge is 2.41. The average Bonchev–Trinajstić information content (AvgIpc) is 3.29. The summed E-state index contributed by atoms with van der Waals surface area (Å²) < 4.78 is 0. The fraction of sp³-hybridized carbons (Fsp3) is 0.250. The maximum atomic E-state index is 2.61. The maximum Gasteiger partial charge on any atom is 0.113 e. The molecule has 0 amide bonds. The van der Waals surface area contributed by atoms with Gasteiger partial charge >= 0.3 is 0 Å². The van der Waals surface area contributed by atoms with Crippen LogP contribution in [0.15, 0.2) is 71.8 Å². The van der Waals surface area contributed by atoms with Crippen LogP contribution in [0.5, 0.6) is 0 Å². The van der Waals surface area contributed by atoms with Gasteiger partial charge in [0.15, 0.2) is 0 Å². The van der Waals surface area contributed by atoms with E-state index in [4.69, 9.17) is 0 Å². The predicted octanol–water partition coefficient (Wildman–Crippen LogP) is 8.76. The van der Waals surface area contributed by atoms with Crippen LogP contribution in [0.3, 0.4) is 0 Å². The topological polar surface area (TPSA) is 0 Å². The van der Waals surface area contributed by atoms with Gasteiger partial charge in [-0.3, -0.25) is 0 Å². The normalized spacial score (nSPS) is 15.7. The summed E-state index contributed by atoms with van der Waals surface area (Å²) >= 11 is 0. The molecule has 0 bridgehead atoms. The van der Waals surface area contributed by atoms with Gasteiger partial charge in [-0.15, -0.1) is 0 Å². The number of hydrogen-bond donors (Lipinski definition) is 0. The van der Waals surface area contributed by atoms with Crippen LogP contribution >= 0.6 is 0 Å². The van der Waals surface area contributed by atoms with Crippen molar-refractivity contribution in [1.29, 1.82) is 0 Å². The quantitative estimate of drug-likeness (QED) is 0.271. The summed E-state index contributed by atoms with van der Waals surface area (Å²) in [6.45, 7) is 14.4. The van der Waals surface area contributed by atoms with Crippen molar-refractivity contribution in [1.82, 2.24) is 0 Å².